The zero-order chi connectivity index (χ0) is 45.9. The first-order chi connectivity index (χ1) is 30.7. The molecule has 1 saturated heterocycles. The normalized spacial score (nSPS) is 13.1. The fraction of sp³-hybridized carbons (Fsp3) is 0.286. The monoisotopic (exact) mass is 921 g/mol. The Morgan fingerprint density at radius 1 is 0.875 bits per heavy atom. The smallest absolute Gasteiger partial charge is 0.338 e. The van der Waals surface area contributed by atoms with Gasteiger partial charge in [0.15, 0.2) is 11.0 Å². The molecule has 0 bridgehead atoms. The van der Waals surface area contributed by atoms with Crippen LogP contribution in [0.3, 0.4) is 0 Å². The van der Waals surface area contributed by atoms with E-state index >= 15 is 0 Å². The van der Waals surface area contributed by atoms with E-state index in [2.05, 4.69) is 76.3 Å². The lowest BCUT2D eigenvalue weighted by atomic mass is 9.96. The van der Waals surface area contributed by atoms with Gasteiger partial charge in [0.1, 0.15) is 5.69 Å². The molecule has 1 aliphatic rings. The Kier molecular flexibility index (Phi) is 16.5. The zero-order valence-corrected chi connectivity index (χ0v) is 39.5. The second-order valence-electron chi connectivity index (χ2n) is 15.8. The standard InChI is InChI=1S/C45H45ClN6O5S2.C4H11N/c1-30(2)51-31(3)42(45(53)54)43(44(51)32-12-14-34(46)15-13-32)33-8-7-9-37(28-33)50-25-23-49(24-26-50)36-18-16-35(17-19-36)48-59(57)39-20-21-40(41(29-39)52(55)56)47-22-27-58-38-10-5-4-6-11-38;1-4-5(2)3/h4-21,28-30,47-48H,22-27H2,1-3H3,(H,53,54);4H2,1-3H3. The highest BCUT2D eigenvalue weighted by Crippen LogP contribution is 2.42. The molecule has 336 valence electrons. The number of carbonyl (C=O) groups is 1. The Hall–Kier alpha value is -5.80. The minimum atomic E-state index is -1.72. The van der Waals surface area contributed by atoms with Gasteiger partial charge in [0.05, 0.1) is 21.1 Å². The van der Waals surface area contributed by atoms with Crippen molar-refractivity contribution in [2.24, 2.45) is 0 Å². The Labute approximate surface area is 388 Å². The number of nitrogens with one attached hydrogen (secondary N) is 2. The number of thioether (sulfide) groups is 1. The molecule has 1 unspecified atom stereocenters. The van der Waals surface area contributed by atoms with Crippen molar-refractivity contribution in [2.75, 3.05) is 79.0 Å². The summed E-state index contributed by atoms with van der Waals surface area (Å²) in [4.78, 5) is 32.4. The van der Waals surface area contributed by atoms with Crippen molar-refractivity contribution in [3.8, 4) is 22.4 Å². The summed E-state index contributed by atoms with van der Waals surface area (Å²) in [7, 11) is 2.39. The van der Waals surface area contributed by atoms with E-state index in [1.807, 2.05) is 97.9 Å². The summed E-state index contributed by atoms with van der Waals surface area (Å²) in [5, 5.41) is 26.2. The molecule has 12 nitrogen and oxygen atoms in total. The highest BCUT2D eigenvalue weighted by atomic mass is 35.5. The SMILES string of the molecule is CCN(C)C.Cc1c(C(=O)O)c(-c2cccc(N3CCN(c4ccc(NS(=O)c5ccc(NCCSc6ccccc6)c([N+](=O)[O-])c5)cc4)CC3)c2)c(-c2ccc(Cl)cc2)n1C(C)C. The fourth-order valence-electron chi connectivity index (χ4n) is 7.57. The van der Waals surface area contributed by atoms with Crippen LogP contribution in [0, 0.1) is 17.0 Å². The predicted octanol–water partition coefficient (Wildman–Crippen LogP) is 11.2. The van der Waals surface area contributed by atoms with Gasteiger partial charge in [0.2, 0.25) is 0 Å². The molecule has 0 amide bonds. The third-order valence-electron chi connectivity index (χ3n) is 11.0. The van der Waals surface area contributed by atoms with Crippen LogP contribution in [0.25, 0.3) is 22.4 Å². The van der Waals surface area contributed by atoms with Crippen molar-refractivity contribution in [3.63, 3.8) is 0 Å². The highest BCUT2D eigenvalue weighted by molar-refractivity contribution is 7.99. The molecular weight excluding hydrogens is 866 g/mol. The summed E-state index contributed by atoms with van der Waals surface area (Å²) in [5.74, 6) is -0.233. The summed E-state index contributed by atoms with van der Waals surface area (Å²) >= 11 is 7.91. The van der Waals surface area contributed by atoms with Crippen LogP contribution in [0.2, 0.25) is 5.02 Å². The van der Waals surface area contributed by atoms with Crippen LogP contribution in [0.4, 0.5) is 28.4 Å². The van der Waals surface area contributed by atoms with E-state index in [0.717, 1.165) is 71.6 Å². The van der Waals surface area contributed by atoms with E-state index in [0.29, 0.717) is 44.7 Å². The van der Waals surface area contributed by atoms with E-state index < -0.39 is 21.9 Å². The molecule has 64 heavy (non-hydrogen) atoms. The van der Waals surface area contributed by atoms with Crippen molar-refractivity contribution in [3.05, 3.63) is 148 Å². The first kappa shape index (κ1) is 47.7. The van der Waals surface area contributed by atoms with Crippen LogP contribution in [0.1, 0.15) is 42.9 Å². The first-order valence-electron chi connectivity index (χ1n) is 21.2. The number of aromatic nitrogens is 1. The number of rotatable bonds is 16. The van der Waals surface area contributed by atoms with E-state index in [1.165, 1.54) is 6.07 Å². The second kappa shape index (κ2) is 22.2. The summed E-state index contributed by atoms with van der Waals surface area (Å²) in [6.07, 6.45) is 0. The number of aromatic carboxylic acids is 1. The van der Waals surface area contributed by atoms with Gasteiger partial charge in [0, 0.05) is 88.8 Å². The van der Waals surface area contributed by atoms with Gasteiger partial charge in [-0.05, 0) is 125 Å². The molecule has 1 fully saturated rings. The first-order valence-corrected chi connectivity index (χ1v) is 23.7. The summed E-state index contributed by atoms with van der Waals surface area (Å²) in [6, 6.07) is 37.9. The van der Waals surface area contributed by atoms with Gasteiger partial charge >= 0.3 is 5.97 Å². The molecular formula is C49H56ClN7O5S2. The van der Waals surface area contributed by atoms with Gasteiger partial charge < -0.3 is 34.4 Å². The number of nitro benzene ring substituents is 1. The van der Waals surface area contributed by atoms with Crippen LogP contribution in [-0.4, -0.2) is 88.8 Å². The molecule has 15 heteroatoms. The highest BCUT2D eigenvalue weighted by Gasteiger charge is 2.29. The molecule has 7 rings (SSSR count). The van der Waals surface area contributed by atoms with Gasteiger partial charge in [-0.15, -0.1) is 11.8 Å². The van der Waals surface area contributed by atoms with Gasteiger partial charge in [-0.3, -0.25) is 10.1 Å². The molecule has 0 radical (unpaired) electrons. The molecule has 6 aromatic rings. The lowest BCUT2D eigenvalue weighted by Crippen LogP contribution is -2.46. The number of benzene rings is 5. The maximum Gasteiger partial charge on any atom is 0.338 e. The largest absolute Gasteiger partial charge is 0.478 e. The number of anilines is 4. The number of piperazine rings is 1. The Morgan fingerprint density at radius 3 is 2.11 bits per heavy atom. The van der Waals surface area contributed by atoms with E-state index in [-0.39, 0.29) is 11.7 Å². The average molecular weight is 923 g/mol. The number of halogens is 1. The summed E-state index contributed by atoms with van der Waals surface area (Å²) < 4.78 is 18.4. The topological polar surface area (TPSA) is 136 Å². The number of carboxylic acids is 1. The Balaban J connectivity index is 0.00000129. The van der Waals surface area contributed by atoms with E-state index in [4.69, 9.17) is 11.6 Å². The van der Waals surface area contributed by atoms with E-state index in [9.17, 15) is 24.2 Å². The van der Waals surface area contributed by atoms with Crippen LogP contribution in [0.15, 0.2) is 131 Å². The number of nitro groups is 1. The van der Waals surface area contributed by atoms with E-state index in [1.54, 1.807) is 23.9 Å². The lowest BCUT2D eigenvalue weighted by Gasteiger charge is -2.37. The molecule has 0 saturated carbocycles. The van der Waals surface area contributed by atoms with Crippen molar-refractivity contribution in [2.45, 2.75) is 43.5 Å². The van der Waals surface area contributed by atoms with Crippen molar-refractivity contribution >= 4 is 68.8 Å². The average Bonchev–Trinajstić information content (AvgIpc) is 3.62. The Bertz CT molecular complexity index is 2540. The maximum atomic E-state index is 13.3. The molecule has 1 atom stereocenters. The van der Waals surface area contributed by atoms with Gasteiger partial charge in [0.25, 0.3) is 5.69 Å². The number of hydrogen-bond donors (Lipinski definition) is 3. The van der Waals surface area contributed by atoms with Crippen molar-refractivity contribution in [1.82, 2.24) is 9.47 Å². The predicted molar refractivity (Wildman–Crippen MR) is 266 cm³/mol. The van der Waals surface area contributed by atoms with Crippen LogP contribution in [0.5, 0.6) is 0 Å². The molecule has 5 aromatic carbocycles. The quantitative estimate of drug-likeness (QED) is 0.0372. The van der Waals surface area contributed by atoms with Crippen LogP contribution >= 0.6 is 23.4 Å². The third kappa shape index (κ3) is 11.9. The molecule has 1 aromatic heterocycles. The molecule has 3 N–H and O–H groups in total. The molecule has 0 spiro atoms. The number of carboxylic acid groups (broad SMARTS) is 1. The van der Waals surface area contributed by atoms with Crippen molar-refractivity contribution < 1.29 is 19.0 Å². The van der Waals surface area contributed by atoms with Crippen molar-refractivity contribution in [1.29, 1.82) is 0 Å². The third-order valence-corrected chi connectivity index (χ3v) is 13.3. The summed E-state index contributed by atoms with van der Waals surface area (Å²) in [6.45, 7) is 12.8. The minimum absolute atomic E-state index is 0.0279. The molecule has 0 aliphatic carbocycles. The second-order valence-corrected chi connectivity index (χ2v) is 18.6. The maximum absolute atomic E-state index is 13.3. The van der Waals surface area contributed by atoms with Gasteiger partial charge in [-0.1, -0.05) is 61.0 Å². The zero-order valence-electron chi connectivity index (χ0n) is 37.1. The lowest BCUT2D eigenvalue weighted by molar-refractivity contribution is -0.384. The van der Waals surface area contributed by atoms with Crippen LogP contribution < -0.4 is 19.8 Å². The van der Waals surface area contributed by atoms with Gasteiger partial charge in [-0.25, -0.2) is 9.00 Å². The molecule has 2 heterocycles. The van der Waals surface area contributed by atoms with Gasteiger partial charge in [-0.2, -0.15) is 0 Å². The Morgan fingerprint density at radius 2 is 1.52 bits per heavy atom. The number of nitrogens with zero attached hydrogens (tertiary/aromatic N) is 5. The summed E-state index contributed by atoms with van der Waals surface area (Å²) in [5.41, 5.74) is 7.21. The fourth-order valence-corrected chi connectivity index (χ4v) is 9.37. The molecule has 1 aliphatic heterocycles. The number of hydrogen-bond acceptors (Lipinski definition) is 9. The minimum Gasteiger partial charge on any atom is -0.478 e. The van der Waals surface area contributed by atoms with Crippen LogP contribution in [-0.2, 0) is 11.0 Å².